The fourth-order valence-corrected chi connectivity index (χ4v) is 1.98. The lowest BCUT2D eigenvalue weighted by atomic mass is 10.1. The molecule has 5 nitrogen and oxygen atoms in total. The van der Waals surface area contributed by atoms with E-state index in [0.717, 1.165) is 11.8 Å². The number of carbonyl (C=O) groups excluding carboxylic acids is 2. The molecule has 0 aromatic heterocycles. The van der Waals surface area contributed by atoms with Gasteiger partial charge in [0.2, 0.25) is 0 Å². The lowest BCUT2D eigenvalue weighted by molar-refractivity contribution is -0.123. The first-order chi connectivity index (χ1) is 11.1. The third-order valence-electron chi connectivity index (χ3n) is 3.29. The molecule has 0 heterocycles. The Bertz CT molecular complexity index is 680. The van der Waals surface area contributed by atoms with Gasteiger partial charge < -0.3 is 14.8 Å². The van der Waals surface area contributed by atoms with E-state index >= 15 is 0 Å². The summed E-state index contributed by atoms with van der Waals surface area (Å²) in [6, 6.07) is 12.7. The summed E-state index contributed by atoms with van der Waals surface area (Å²) in [6.45, 7) is 2.34. The van der Waals surface area contributed by atoms with E-state index in [9.17, 15) is 9.59 Å². The molecule has 0 spiro atoms. The predicted octanol–water partition coefficient (Wildman–Crippen LogP) is 2.51. The summed E-state index contributed by atoms with van der Waals surface area (Å²) in [5, 5.41) is 2.79. The number of aldehydes is 1. The number of hydrogen-bond acceptors (Lipinski definition) is 4. The highest BCUT2D eigenvalue weighted by Gasteiger charge is 2.08. The van der Waals surface area contributed by atoms with E-state index < -0.39 is 0 Å². The number of amides is 1. The van der Waals surface area contributed by atoms with Gasteiger partial charge in [0, 0.05) is 12.1 Å². The van der Waals surface area contributed by atoms with Crippen LogP contribution in [0.15, 0.2) is 42.5 Å². The molecule has 0 bridgehead atoms. The lowest BCUT2D eigenvalue weighted by Crippen LogP contribution is -2.28. The largest absolute Gasteiger partial charge is 0.493 e. The summed E-state index contributed by atoms with van der Waals surface area (Å²) < 4.78 is 10.6. The van der Waals surface area contributed by atoms with Gasteiger partial charge in [-0.1, -0.05) is 29.8 Å². The number of ether oxygens (including phenoxy) is 2. The van der Waals surface area contributed by atoms with E-state index in [1.807, 2.05) is 31.2 Å². The Morgan fingerprint density at radius 1 is 1.13 bits per heavy atom. The van der Waals surface area contributed by atoms with Crippen molar-refractivity contribution in [1.82, 2.24) is 5.32 Å². The number of rotatable bonds is 7. The van der Waals surface area contributed by atoms with Crippen LogP contribution in [0.25, 0.3) is 0 Å². The molecule has 0 fully saturated rings. The molecule has 0 aliphatic heterocycles. The van der Waals surface area contributed by atoms with Crippen molar-refractivity contribution in [3.8, 4) is 11.5 Å². The molecule has 1 N–H and O–H groups in total. The topological polar surface area (TPSA) is 64.6 Å². The van der Waals surface area contributed by atoms with Crippen LogP contribution in [0.2, 0.25) is 0 Å². The van der Waals surface area contributed by atoms with Gasteiger partial charge in [-0.3, -0.25) is 9.59 Å². The first kappa shape index (κ1) is 16.5. The summed E-state index contributed by atoms with van der Waals surface area (Å²) >= 11 is 0. The van der Waals surface area contributed by atoms with Gasteiger partial charge in [-0.15, -0.1) is 0 Å². The highest BCUT2D eigenvalue weighted by Crippen LogP contribution is 2.27. The Morgan fingerprint density at radius 2 is 1.87 bits per heavy atom. The smallest absolute Gasteiger partial charge is 0.258 e. The van der Waals surface area contributed by atoms with Crippen molar-refractivity contribution in [2.75, 3.05) is 13.7 Å². The maximum absolute atomic E-state index is 11.8. The number of carbonyl (C=O) groups is 2. The Kier molecular flexibility index (Phi) is 5.74. The van der Waals surface area contributed by atoms with Crippen LogP contribution in [0.1, 0.15) is 21.5 Å². The molecular weight excluding hydrogens is 294 g/mol. The fourth-order valence-electron chi connectivity index (χ4n) is 1.98. The first-order valence-electron chi connectivity index (χ1n) is 7.20. The van der Waals surface area contributed by atoms with Crippen LogP contribution in [0.4, 0.5) is 0 Å². The number of aryl methyl sites for hydroxylation is 1. The van der Waals surface area contributed by atoms with Gasteiger partial charge in [0.05, 0.1) is 7.11 Å². The number of hydrogen-bond donors (Lipinski definition) is 1. The maximum atomic E-state index is 11.8. The predicted molar refractivity (Wildman–Crippen MR) is 86.9 cm³/mol. The van der Waals surface area contributed by atoms with Gasteiger partial charge in [-0.2, -0.15) is 0 Å². The average molecular weight is 313 g/mol. The number of nitrogens with one attached hydrogen (secondary N) is 1. The van der Waals surface area contributed by atoms with Crippen molar-refractivity contribution in [2.45, 2.75) is 13.5 Å². The molecule has 0 unspecified atom stereocenters. The van der Waals surface area contributed by atoms with Crippen LogP contribution in [0.3, 0.4) is 0 Å². The second-order valence-corrected chi connectivity index (χ2v) is 5.08. The molecule has 0 aliphatic carbocycles. The molecule has 0 aliphatic rings. The molecule has 2 aromatic carbocycles. The average Bonchev–Trinajstić information content (AvgIpc) is 2.59. The van der Waals surface area contributed by atoms with Gasteiger partial charge in [0.25, 0.3) is 5.91 Å². The van der Waals surface area contributed by atoms with Gasteiger partial charge in [-0.25, -0.2) is 0 Å². The third-order valence-corrected chi connectivity index (χ3v) is 3.29. The standard InChI is InChI=1S/C18H19NO4/c1-13-3-5-14(6-4-13)10-19-18(21)12-23-16-8-7-15(11-20)9-17(16)22-2/h3-9,11H,10,12H2,1-2H3,(H,19,21). The molecule has 2 aromatic rings. The molecule has 0 atom stereocenters. The van der Waals surface area contributed by atoms with Crippen LogP contribution in [-0.4, -0.2) is 25.9 Å². The van der Waals surface area contributed by atoms with Crippen molar-refractivity contribution < 1.29 is 19.1 Å². The summed E-state index contributed by atoms with van der Waals surface area (Å²) in [4.78, 5) is 22.6. The zero-order valence-corrected chi connectivity index (χ0v) is 13.2. The lowest BCUT2D eigenvalue weighted by Gasteiger charge is -2.11. The summed E-state index contributed by atoms with van der Waals surface area (Å²) in [6.07, 6.45) is 0.723. The van der Waals surface area contributed by atoms with Crippen LogP contribution in [0, 0.1) is 6.92 Å². The molecule has 2 rings (SSSR count). The van der Waals surface area contributed by atoms with E-state index in [1.165, 1.54) is 12.7 Å². The van der Waals surface area contributed by atoms with Gasteiger partial charge in [0.1, 0.15) is 6.29 Å². The Hall–Kier alpha value is -2.82. The highest BCUT2D eigenvalue weighted by atomic mass is 16.5. The molecule has 0 radical (unpaired) electrons. The minimum absolute atomic E-state index is 0.122. The van der Waals surface area contributed by atoms with Crippen LogP contribution < -0.4 is 14.8 Å². The molecule has 0 saturated heterocycles. The van der Waals surface area contributed by atoms with Crippen LogP contribution in [0.5, 0.6) is 11.5 Å². The molecule has 0 saturated carbocycles. The summed E-state index contributed by atoms with van der Waals surface area (Å²) in [5.41, 5.74) is 2.68. The Morgan fingerprint density at radius 3 is 2.52 bits per heavy atom. The molecule has 1 amide bonds. The summed E-state index contributed by atoms with van der Waals surface area (Å²) in [7, 11) is 1.48. The zero-order valence-electron chi connectivity index (χ0n) is 13.2. The minimum atomic E-state index is -0.230. The van der Waals surface area contributed by atoms with Gasteiger partial charge in [-0.05, 0) is 30.7 Å². The van der Waals surface area contributed by atoms with Gasteiger partial charge >= 0.3 is 0 Å². The second kappa shape index (κ2) is 7.98. The summed E-state index contributed by atoms with van der Waals surface area (Å²) in [5.74, 6) is 0.608. The number of methoxy groups -OCH3 is 1. The van der Waals surface area contributed by atoms with E-state index in [2.05, 4.69) is 5.32 Å². The fraction of sp³-hybridized carbons (Fsp3) is 0.222. The highest BCUT2D eigenvalue weighted by molar-refractivity contribution is 5.78. The molecule has 120 valence electrons. The minimum Gasteiger partial charge on any atom is -0.493 e. The van der Waals surface area contributed by atoms with E-state index in [-0.39, 0.29) is 12.5 Å². The van der Waals surface area contributed by atoms with Crippen molar-refractivity contribution in [3.05, 3.63) is 59.2 Å². The molecule has 5 heteroatoms. The molecular formula is C18H19NO4. The van der Waals surface area contributed by atoms with E-state index in [0.29, 0.717) is 23.6 Å². The normalized spacial score (nSPS) is 10.0. The number of benzene rings is 2. The van der Waals surface area contributed by atoms with Crippen molar-refractivity contribution >= 4 is 12.2 Å². The van der Waals surface area contributed by atoms with Crippen molar-refractivity contribution in [1.29, 1.82) is 0 Å². The van der Waals surface area contributed by atoms with E-state index in [4.69, 9.17) is 9.47 Å². The molecule has 23 heavy (non-hydrogen) atoms. The Labute approximate surface area is 135 Å². The second-order valence-electron chi connectivity index (χ2n) is 5.08. The van der Waals surface area contributed by atoms with Crippen molar-refractivity contribution in [3.63, 3.8) is 0 Å². The maximum Gasteiger partial charge on any atom is 0.258 e. The van der Waals surface area contributed by atoms with E-state index in [1.54, 1.807) is 18.2 Å². The first-order valence-corrected chi connectivity index (χ1v) is 7.20. The SMILES string of the molecule is COc1cc(C=O)ccc1OCC(=O)NCc1ccc(C)cc1. The third kappa shape index (κ3) is 4.85. The quantitative estimate of drug-likeness (QED) is 0.798. The van der Waals surface area contributed by atoms with Crippen LogP contribution >= 0.6 is 0 Å². The van der Waals surface area contributed by atoms with Crippen LogP contribution in [-0.2, 0) is 11.3 Å². The van der Waals surface area contributed by atoms with Gasteiger partial charge in [0.15, 0.2) is 18.1 Å². The monoisotopic (exact) mass is 313 g/mol. The zero-order chi connectivity index (χ0) is 16.7. The Balaban J connectivity index is 1.86. The van der Waals surface area contributed by atoms with Crippen molar-refractivity contribution in [2.24, 2.45) is 0 Å².